The minimum atomic E-state index is 0.826. The second-order valence-electron chi connectivity index (χ2n) is 6.85. The van der Waals surface area contributed by atoms with E-state index in [1.165, 1.54) is 50.8 Å². The number of hydrogen-bond acceptors (Lipinski definition) is 3. The van der Waals surface area contributed by atoms with E-state index in [0.717, 1.165) is 57.2 Å². The Balaban J connectivity index is 1.73. The topological polar surface area (TPSA) is 67.1 Å². The molecule has 0 aromatic carbocycles. The van der Waals surface area contributed by atoms with Crippen LogP contribution in [0.5, 0.6) is 0 Å². The highest BCUT2D eigenvalue weighted by atomic mass is 15.3. The zero-order chi connectivity index (χ0) is 17.7. The summed E-state index contributed by atoms with van der Waals surface area (Å²) in [5, 5.41) is 15.5. The average molecular weight is 349 g/mol. The van der Waals surface area contributed by atoms with Gasteiger partial charge in [0.2, 0.25) is 0 Å². The van der Waals surface area contributed by atoms with E-state index < -0.39 is 0 Å². The maximum atomic E-state index is 4.70. The molecule has 0 unspecified atom stereocenters. The first-order valence-corrected chi connectivity index (χ1v) is 10.3. The van der Waals surface area contributed by atoms with Gasteiger partial charge in [0.25, 0.3) is 0 Å². The second-order valence-corrected chi connectivity index (χ2v) is 6.85. The fourth-order valence-corrected chi connectivity index (χ4v) is 3.26. The number of nitrogens with one attached hydrogen (secondary N) is 2. The molecule has 2 rings (SSSR count). The molecular weight excluding hydrogens is 312 g/mol. The van der Waals surface area contributed by atoms with Crippen molar-refractivity contribution in [3.63, 3.8) is 0 Å². The Morgan fingerprint density at radius 2 is 1.96 bits per heavy atom. The van der Waals surface area contributed by atoms with E-state index in [1.54, 1.807) is 0 Å². The molecule has 1 aromatic heterocycles. The molecule has 25 heavy (non-hydrogen) atoms. The molecule has 0 atom stereocenters. The maximum Gasteiger partial charge on any atom is 0.191 e. The van der Waals surface area contributed by atoms with Crippen LogP contribution in [0.4, 0.5) is 0 Å². The van der Waals surface area contributed by atoms with Crippen molar-refractivity contribution in [1.29, 1.82) is 0 Å². The van der Waals surface area contributed by atoms with E-state index in [4.69, 9.17) is 4.99 Å². The van der Waals surface area contributed by atoms with Gasteiger partial charge < -0.3 is 15.2 Å². The van der Waals surface area contributed by atoms with Crippen molar-refractivity contribution in [1.82, 2.24) is 25.4 Å². The number of aromatic nitrogens is 3. The van der Waals surface area contributed by atoms with Gasteiger partial charge in [-0.1, -0.05) is 32.6 Å². The van der Waals surface area contributed by atoms with Gasteiger partial charge in [-0.15, -0.1) is 10.2 Å². The van der Waals surface area contributed by atoms with E-state index in [9.17, 15) is 0 Å². The van der Waals surface area contributed by atoms with Crippen LogP contribution >= 0.6 is 0 Å². The third-order valence-corrected chi connectivity index (χ3v) is 4.68. The molecule has 1 aromatic rings. The third-order valence-electron chi connectivity index (χ3n) is 4.68. The number of rotatable bonds is 10. The first-order chi connectivity index (χ1) is 12.3. The molecule has 0 radical (unpaired) electrons. The van der Waals surface area contributed by atoms with Crippen molar-refractivity contribution >= 4 is 5.96 Å². The SMILES string of the molecule is CCCCCCNC(=NCCCc1nnc2n1CCCCC2)NCC. The Hall–Kier alpha value is -1.59. The number of nitrogens with zero attached hydrogens (tertiary/aromatic N) is 4. The lowest BCUT2D eigenvalue weighted by Gasteiger charge is -2.11. The smallest absolute Gasteiger partial charge is 0.191 e. The lowest BCUT2D eigenvalue weighted by Crippen LogP contribution is -2.37. The molecule has 142 valence electrons. The summed E-state index contributed by atoms with van der Waals surface area (Å²) < 4.78 is 2.34. The summed E-state index contributed by atoms with van der Waals surface area (Å²) in [5.74, 6) is 3.27. The van der Waals surface area contributed by atoms with Crippen LogP contribution < -0.4 is 10.6 Å². The van der Waals surface area contributed by atoms with Crippen LogP contribution in [0.25, 0.3) is 0 Å². The Kier molecular flexibility index (Phi) is 9.37. The highest BCUT2D eigenvalue weighted by molar-refractivity contribution is 5.79. The van der Waals surface area contributed by atoms with Gasteiger partial charge in [-0.05, 0) is 32.6 Å². The molecule has 0 bridgehead atoms. The van der Waals surface area contributed by atoms with Crippen molar-refractivity contribution in [2.45, 2.75) is 84.6 Å². The average Bonchev–Trinajstić information content (AvgIpc) is 2.85. The van der Waals surface area contributed by atoms with Gasteiger partial charge in [0.1, 0.15) is 11.6 Å². The molecule has 0 saturated carbocycles. The molecule has 0 spiro atoms. The van der Waals surface area contributed by atoms with Gasteiger partial charge in [-0.25, -0.2) is 0 Å². The van der Waals surface area contributed by atoms with E-state index >= 15 is 0 Å². The highest BCUT2D eigenvalue weighted by Gasteiger charge is 2.13. The molecule has 2 heterocycles. The van der Waals surface area contributed by atoms with Gasteiger partial charge in [-0.2, -0.15) is 0 Å². The zero-order valence-corrected chi connectivity index (χ0v) is 16.2. The van der Waals surface area contributed by atoms with Crippen LogP contribution in [0.1, 0.15) is 76.9 Å². The van der Waals surface area contributed by atoms with Gasteiger partial charge in [0.15, 0.2) is 5.96 Å². The lowest BCUT2D eigenvalue weighted by molar-refractivity contribution is 0.597. The van der Waals surface area contributed by atoms with Crippen molar-refractivity contribution in [3.05, 3.63) is 11.6 Å². The van der Waals surface area contributed by atoms with Crippen molar-refractivity contribution in [3.8, 4) is 0 Å². The quantitative estimate of drug-likeness (QED) is 0.387. The van der Waals surface area contributed by atoms with Gasteiger partial charge in [-0.3, -0.25) is 4.99 Å². The molecular formula is C19H36N6. The van der Waals surface area contributed by atoms with Crippen LogP contribution in [-0.2, 0) is 19.4 Å². The third kappa shape index (κ3) is 7.04. The second kappa shape index (κ2) is 11.9. The molecule has 2 N–H and O–H groups in total. The Labute approximate surface area is 152 Å². The summed E-state index contributed by atoms with van der Waals surface area (Å²) in [6, 6.07) is 0. The summed E-state index contributed by atoms with van der Waals surface area (Å²) in [4.78, 5) is 4.70. The normalized spacial score (nSPS) is 14.9. The van der Waals surface area contributed by atoms with Crippen molar-refractivity contribution in [2.24, 2.45) is 4.99 Å². The van der Waals surface area contributed by atoms with Gasteiger partial charge in [0.05, 0.1) is 0 Å². The van der Waals surface area contributed by atoms with E-state index in [1.807, 2.05) is 0 Å². The summed E-state index contributed by atoms with van der Waals surface area (Å²) in [5.41, 5.74) is 0. The number of fused-ring (bicyclic) bond motifs is 1. The standard InChI is InChI=1S/C19H36N6/c1-3-5-6-9-14-21-19(20-4-2)22-15-11-13-18-24-23-17-12-8-7-10-16-25(17)18/h3-16H2,1-2H3,(H2,20,21,22). The van der Waals surface area contributed by atoms with E-state index in [-0.39, 0.29) is 0 Å². The lowest BCUT2D eigenvalue weighted by atomic mass is 10.2. The number of aryl methyl sites for hydroxylation is 2. The number of unbranched alkanes of at least 4 members (excludes halogenated alkanes) is 3. The van der Waals surface area contributed by atoms with Crippen LogP contribution in [0.2, 0.25) is 0 Å². The predicted molar refractivity (Wildman–Crippen MR) is 104 cm³/mol. The Morgan fingerprint density at radius 1 is 1.04 bits per heavy atom. The molecule has 1 aliphatic rings. The minimum absolute atomic E-state index is 0.826. The van der Waals surface area contributed by atoms with E-state index in [2.05, 4.69) is 39.2 Å². The molecule has 6 nitrogen and oxygen atoms in total. The summed E-state index contributed by atoms with van der Waals surface area (Å²) in [6.07, 6.45) is 12.0. The fraction of sp³-hybridized carbons (Fsp3) is 0.842. The summed E-state index contributed by atoms with van der Waals surface area (Å²) >= 11 is 0. The molecule has 0 saturated heterocycles. The first kappa shape index (κ1) is 19.7. The summed E-state index contributed by atoms with van der Waals surface area (Å²) in [6.45, 7) is 8.17. The highest BCUT2D eigenvalue weighted by Crippen LogP contribution is 2.15. The molecule has 0 fully saturated rings. The van der Waals surface area contributed by atoms with Crippen LogP contribution in [-0.4, -0.2) is 40.4 Å². The molecule has 0 amide bonds. The number of guanidine groups is 1. The van der Waals surface area contributed by atoms with Crippen LogP contribution in [0.3, 0.4) is 0 Å². The number of aliphatic imine (C=N–C) groups is 1. The monoisotopic (exact) mass is 348 g/mol. The minimum Gasteiger partial charge on any atom is -0.357 e. The molecule has 0 aliphatic carbocycles. The summed E-state index contributed by atoms with van der Waals surface area (Å²) in [7, 11) is 0. The van der Waals surface area contributed by atoms with Crippen molar-refractivity contribution in [2.75, 3.05) is 19.6 Å². The van der Waals surface area contributed by atoms with E-state index in [0.29, 0.717) is 0 Å². The van der Waals surface area contributed by atoms with Crippen LogP contribution in [0, 0.1) is 0 Å². The zero-order valence-electron chi connectivity index (χ0n) is 16.2. The predicted octanol–water partition coefficient (Wildman–Crippen LogP) is 3.07. The first-order valence-electron chi connectivity index (χ1n) is 10.3. The van der Waals surface area contributed by atoms with Crippen LogP contribution in [0.15, 0.2) is 4.99 Å². The van der Waals surface area contributed by atoms with Crippen molar-refractivity contribution < 1.29 is 0 Å². The molecule has 6 heteroatoms. The maximum absolute atomic E-state index is 4.70. The molecule has 1 aliphatic heterocycles. The number of hydrogen-bond donors (Lipinski definition) is 2. The fourth-order valence-electron chi connectivity index (χ4n) is 3.26. The Morgan fingerprint density at radius 3 is 2.80 bits per heavy atom. The Bertz CT molecular complexity index is 508. The van der Waals surface area contributed by atoms with Gasteiger partial charge in [0, 0.05) is 39.0 Å². The largest absolute Gasteiger partial charge is 0.357 e. The van der Waals surface area contributed by atoms with Gasteiger partial charge >= 0.3 is 0 Å².